The van der Waals surface area contributed by atoms with E-state index in [9.17, 15) is 18.0 Å². The van der Waals surface area contributed by atoms with Crippen LogP contribution in [0.25, 0.3) is 0 Å². The molecule has 0 radical (unpaired) electrons. The van der Waals surface area contributed by atoms with Crippen LogP contribution >= 0.6 is 23.2 Å². The number of amides is 2. The van der Waals surface area contributed by atoms with Gasteiger partial charge < -0.3 is 10.6 Å². The van der Waals surface area contributed by atoms with Crippen LogP contribution in [0.1, 0.15) is 12.5 Å². The molecule has 10 heteroatoms. The zero-order valence-electron chi connectivity index (χ0n) is 17.8. The van der Waals surface area contributed by atoms with E-state index < -0.39 is 22.5 Å². The molecule has 0 aromatic heterocycles. The summed E-state index contributed by atoms with van der Waals surface area (Å²) in [5, 5.41) is 5.46. The molecule has 0 aliphatic carbocycles. The van der Waals surface area contributed by atoms with Crippen molar-refractivity contribution >= 4 is 62.1 Å². The van der Waals surface area contributed by atoms with Gasteiger partial charge in [0.1, 0.15) is 6.54 Å². The Morgan fingerprint density at radius 1 is 0.879 bits per heavy atom. The highest BCUT2D eigenvalue weighted by Crippen LogP contribution is 2.35. The average Bonchev–Trinajstić information content (AvgIpc) is 2.75. The third-order valence-electron chi connectivity index (χ3n) is 4.59. The van der Waals surface area contributed by atoms with Gasteiger partial charge in [0.25, 0.3) is 10.0 Å². The fourth-order valence-corrected chi connectivity index (χ4v) is 4.87. The fourth-order valence-electron chi connectivity index (χ4n) is 2.99. The third-order valence-corrected chi connectivity index (χ3v) is 7.17. The molecule has 0 atom stereocenters. The Kier molecular flexibility index (Phi) is 7.63. The standard InChI is InChI=1S/C23H21Cl2N3O4S/c1-15-6-12-19(13-7-15)33(31,32)28(21-5-3-4-20(24)23(21)25)14-22(30)27-18-10-8-17(9-11-18)26-16(2)29/h3-13H,14H2,1-2H3,(H,26,29)(H,27,30). The van der Waals surface area contributed by atoms with Crippen LogP contribution in [0.2, 0.25) is 10.0 Å². The summed E-state index contributed by atoms with van der Waals surface area (Å²) in [7, 11) is -4.14. The van der Waals surface area contributed by atoms with Gasteiger partial charge in [0, 0.05) is 18.3 Å². The molecule has 172 valence electrons. The van der Waals surface area contributed by atoms with Crippen LogP contribution in [0.5, 0.6) is 0 Å². The molecule has 0 heterocycles. The van der Waals surface area contributed by atoms with Gasteiger partial charge in [-0.05, 0) is 55.5 Å². The van der Waals surface area contributed by atoms with E-state index in [1.165, 1.54) is 31.2 Å². The van der Waals surface area contributed by atoms with Crippen molar-refractivity contribution in [2.45, 2.75) is 18.7 Å². The van der Waals surface area contributed by atoms with Gasteiger partial charge in [-0.2, -0.15) is 0 Å². The second-order valence-corrected chi connectivity index (χ2v) is 9.85. The molecule has 0 bridgehead atoms. The van der Waals surface area contributed by atoms with Gasteiger partial charge in [0.2, 0.25) is 11.8 Å². The monoisotopic (exact) mass is 505 g/mol. The average molecular weight is 506 g/mol. The molecule has 0 saturated heterocycles. The fraction of sp³-hybridized carbons (Fsp3) is 0.130. The van der Waals surface area contributed by atoms with Crippen molar-refractivity contribution in [3.05, 3.63) is 82.3 Å². The van der Waals surface area contributed by atoms with E-state index >= 15 is 0 Å². The number of nitrogens with zero attached hydrogens (tertiary/aromatic N) is 1. The van der Waals surface area contributed by atoms with Crippen LogP contribution in [-0.4, -0.2) is 26.8 Å². The Hall–Kier alpha value is -3.07. The zero-order valence-corrected chi connectivity index (χ0v) is 20.1. The highest BCUT2D eigenvalue weighted by molar-refractivity contribution is 7.92. The van der Waals surface area contributed by atoms with Crippen molar-refractivity contribution in [1.82, 2.24) is 0 Å². The molecule has 3 aromatic rings. The van der Waals surface area contributed by atoms with E-state index in [0.717, 1.165) is 9.87 Å². The third kappa shape index (κ3) is 6.04. The number of nitrogens with one attached hydrogen (secondary N) is 2. The molecule has 33 heavy (non-hydrogen) atoms. The van der Waals surface area contributed by atoms with Crippen molar-refractivity contribution in [3.8, 4) is 0 Å². The molecule has 3 aromatic carbocycles. The minimum atomic E-state index is -4.14. The van der Waals surface area contributed by atoms with Gasteiger partial charge >= 0.3 is 0 Å². The smallest absolute Gasteiger partial charge is 0.264 e. The molecule has 0 unspecified atom stereocenters. The molecular formula is C23H21Cl2N3O4S. The first-order valence-electron chi connectivity index (χ1n) is 9.79. The van der Waals surface area contributed by atoms with E-state index in [0.29, 0.717) is 11.4 Å². The number of benzene rings is 3. The Balaban J connectivity index is 1.91. The molecule has 0 aliphatic rings. The van der Waals surface area contributed by atoms with Crippen molar-refractivity contribution in [2.75, 3.05) is 21.5 Å². The lowest BCUT2D eigenvalue weighted by Crippen LogP contribution is -2.38. The summed E-state index contributed by atoms with van der Waals surface area (Å²) in [5.41, 5.74) is 1.97. The Labute approximate surface area is 202 Å². The number of aryl methyl sites for hydroxylation is 1. The molecule has 0 aliphatic heterocycles. The highest BCUT2D eigenvalue weighted by atomic mass is 35.5. The predicted octanol–water partition coefficient (Wildman–Crippen LogP) is 5.09. The summed E-state index contributed by atoms with van der Waals surface area (Å²) < 4.78 is 27.8. The van der Waals surface area contributed by atoms with Gasteiger partial charge in [-0.15, -0.1) is 0 Å². The molecule has 0 spiro atoms. The molecule has 0 saturated carbocycles. The van der Waals surface area contributed by atoms with Crippen LogP contribution in [-0.2, 0) is 19.6 Å². The Morgan fingerprint density at radius 3 is 2.03 bits per heavy atom. The lowest BCUT2D eigenvalue weighted by Gasteiger charge is -2.25. The number of hydrogen-bond acceptors (Lipinski definition) is 4. The van der Waals surface area contributed by atoms with Crippen molar-refractivity contribution in [3.63, 3.8) is 0 Å². The summed E-state index contributed by atoms with van der Waals surface area (Å²) in [6.45, 7) is 2.69. The predicted molar refractivity (Wildman–Crippen MR) is 132 cm³/mol. The second-order valence-electron chi connectivity index (χ2n) is 7.20. The minimum absolute atomic E-state index is 0.0107. The van der Waals surface area contributed by atoms with Gasteiger partial charge in [-0.1, -0.05) is 47.0 Å². The van der Waals surface area contributed by atoms with E-state index in [-0.39, 0.29) is 26.5 Å². The largest absolute Gasteiger partial charge is 0.326 e. The zero-order chi connectivity index (χ0) is 24.2. The minimum Gasteiger partial charge on any atom is -0.326 e. The number of carbonyl (C=O) groups excluding carboxylic acids is 2. The molecule has 2 amide bonds. The van der Waals surface area contributed by atoms with Crippen LogP contribution in [0, 0.1) is 6.92 Å². The molecule has 7 nitrogen and oxygen atoms in total. The van der Waals surface area contributed by atoms with Crippen LogP contribution in [0.3, 0.4) is 0 Å². The van der Waals surface area contributed by atoms with E-state index in [1.807, 2.05) is 6.92 Å². The Bertz CT molecular complexity index is 1280. The van der Waals surface area contributed by atoms with Crippen LogP contribution in [0.4, 0.5) is 17.1 Å². The summed E-state index contributed by atoms with van der Waals surface area (Å²) in [4.78, 5) is 24.0. The lowest BCUT2D eigenvalue weighted by molar-refractivity contribution is -0.115. The summed E-state index contributed by atoms with van der Waals surface area (Å²) >= 11 is 12.4. The molecule has 3 rings (SSSR count). The van der Waals surface area contributed by atoms with Crippen molar-refractivity contribution < 1.29 is 18.0 Å². The van der Waals surface area contributed by atoms with Crippen molar-refractivity contribution in [2.24, 2.45) is 0 Å². The number of rotatable bonds is 7. The molecule has 0 fully saturated rings. The first-order valence-corrected chi connectivity index (χ1v) is 12.0. The quantitative estimate of drug-likeness (QED) is 0.467. The number of hydrogen-bond donors (Lipinski definition) is 2. The summed E-state index contributed by atoms with van der Waals surface area (Å²) in [5.74, 6) is -0.809. The summed E-state index contributed by atoms with van der Waals surface area (Å²) in [6.07, 6.45) is 0. The first-order chi connectivity index (χ1) is 15.6. The van der Waals surface area contributed by atoms with Gasteiger partial charge in [0.15, 0.2) is 0 Å². The van der Waals surface area contributed by atoms with Crippen molar-refractivity contribution in [1.29, 1.82) is 0 Å². The molecular weight excluding hydrogens is 485 g/mol. The maximum atomic E-state index is 13.4. The maximum absolute atomic E-state index is 13.4. The van der Waals surface area contributed by atoms with Gasteiger partial charge in [-0.3, -0.25) is 13.9 Å². The highest BCUT2D eigenvalue weighted by Gasteiger charge is 2.29. The van der Waals surface area contributed by atoms with Crippen LogP contribution < -0.4 is 14.9 Å². The van der Waals surface area contributed by atoms with Gasteiger partial charge in [0.05, 0.1) is 20.6 Å². The van der Waals surface area contributed by atoms with Crippen LogP contribution in [0.15, 0.2) is 71.6 Å². The number of halogens is 2. The second kappa shape index (κ2) is 10.2. The SMILES string of the molecule is CC(=O)Nc1ccc(NC(=O)CN(c2cccc(Cl)c2Cl)S(=O)(=O)c2ccc(C)cc2)cc1. The number of anilines is 3. The lowest BCUT2D eigenvalue weighted by atomic mass is 10.2. The molecule has 2 N–H and O–H groups in total. The topological polar surface area (TPSA) is 95.6 Å². The Morgan fingerprint density at radius 2 is 1.45 bits per heavy atom. The number of sulfonamides is 1. The summed E-state index contributed by atoms with van der Waals surface area (Å²) in [6, 6.07) is 17.3. The normalized spacial score (nSPS) is 11.0. The number of carbonyl (C=O) groups is 2. The first kappa shape index (κ1) is 24.6. The van der Waals surface area contributed by atoms with E-state index in [2.05, 4.69) is 10.6 Å². The van der Waals surface area contributed by atoms with E-state index in [1.54, 1.807) is 42.5 Å². The van der Waals surface area contributed by atoms with E-state index in [4.69, 9.17) is 23.2 Å². The maximum Gasteiger partial charge on any atom is 0.264 e. The van der Waals surface area contributed by atoms with Gasteiger partial charge in [-0.25, -0.2) is 8.42 Å².